The lowest BCUT2D eigenvalue weighted by molar-refractivity contribution is 0.0948. The van der Waals surface area contributed by atoms with Crippen molar-refractivity contribution in [2.24, 2.45) is 0 Å². The van der Waals surface area contributed by atoms with Crippen molar-refractivity contribution in [3.8, 4) is 11.1 Å². The first kappa shape index (κ1) is 18.1. The van der Waals surface area contributed by atoms with Gasteiger partial charge in [0.1, 0.15) is 0 Å². The SMILES string of the molecule is COCCCNC(=O)c1cccc(-c2ccc(CO)cc2CO)c1. The second kappa shape index (κ2) is 9.17. The Kier molecular flexibility index (Phi) is 6.93. The van der Waals surface area contributed by atoms with Crippen molar-refractivity contribution in [1.29, 1.82) is 0 Å². The van der Waals surface area contributed by atoms with Crippen molar-refractivity contribution < 1.29 is 19.7 Å². The fourth-order valence-electron chi connectivity index (χ4n) is 2.51. The first-order valence-electron chi connectivity index (χ1n) is 7.90. The Hall–Kier alpha value is -2.21. The van der Waals surface area contributed by atoms with Crippen molar-refractivity contribution in [2.45, 2.75) is 19.6 Å². The van der Waals surface area contributed by atoms with Gasteiger partial charge >= 0.3 is 0 Å². The van der Waals surface area contributed by atoms with Crippen LogP contribution in [0.2, 0.25) is 0 Å². The molecule has 128 valence electrons. The van der Waals surface area contributed by atoms with Gasteiger partial charge < -0.3 is 20.3 Å². The molecule has 2 aromatic rings. The summed E-state index contributed by atoms with van der Waals surface area (Å²) in [6.07, 6.45) is 0.763. The van der Waals surface area contributed by atoms with Crippen LogP contribution in [0.1, 0.15) is 27.9 Å². The summed E-state index contributed by atoms with van der Waals surface area (Å²) in [5.41, 5.74) is 3.74. The molecule has 0 aliphatic heterocycles. The number of ether oxygens (including phenoxy) is 1. The van der Waals surface area contributed by atoms with E-state index in [0.29, 0.717) is 18.7 Å². The van der Waals surface area contributed by atoms with E-state index in [1.807, 2.05) is 24.3 Å². The molecular formula is C19H23NO4. The Labute approximate surface area is 141 Å². The summed E-state index contributed by atoms with van der Waals surface area (Å²) in [4.78, 5) is 12.2. The van der Waals surface area contributed by atoms with Crippen LogP contribution in [0.4, 0.5) is 0 Å². The molecule has 0 aromatic heterocycles. The van der Waals surface area contributed by atoms with E-state index in [0.717, 1.165) is 28.7 Å². The molecule has 3 N–H and O–H groups in total. The smallest absolute Gasteiger partial charge is 0.251 e. The molecule has 0 aliphatic carbocycles. The number of aliphatic hydroxyl groups excluding tert-OH is 2. The first-order chi connectivity index (χ1) is 11.7. The molecule has 0 heterocycles. The maximum Gasteiger partial charge on any atom is 0.251 e. The fourth-order valence-corrected chi connectivity index (χ4v) is 2.51. The molecular weight excluding hydrogens is 306 g/mol. The van der Waals surface area contributed by atoms with Crippen LogP contribution in [-0.2, 0) is 18.0 Å². The average Bonchev–Trinajstić information content (AvgIpc) is 2.64. The molecule has 0 radical (unpaired) electrons. The van der Waals surface area contributed by atoms with Crippen molar-refractivity contribution in [3.05, 3.63) is 59.2 Å². The van der Waals surface area contributed by atoms with Gasteiger partial charge in [0.25, 0.3) is 5.91 Å². The third kappa shape index (κ3) is 4.64. The van der Waals surface area contributed by atoms with Gasteiger partial charge in [-0.1, -0.05) is 30.3 Å². The van der Waals surface area contributed by atoms with Crippen LogP contribution in [0, 0.1) is 0 Å². The van der Waals surface area contributed by atoms with Crippen molar-refractivity contribution >= 4 is 5.91 Å². The van der Waals surface area contributed by atoms with Gasteiger partial charge in [0.15, 0.2) is 0 Å². The summed E-state index contributed by atoms with van der Waals surface area (Å²) >= 11 is 0. The lowest BCUT2D eigenvalue weighted by Gasteiger charge is -2.11. The summed E-state index contributed by atoms with van der Waals surface area (Å²) in [5, 5.41) is 21.6. The second-order valence-corrected chi connectivity index (χ2v) is 5.49. The fraction of sp³-hybridized carbons (Fsp3) is 0.316. The van der Waals surface area contributed by atoms with Crippen LogP contribution in [0.25, 0.3) is 11.1 Å². The molecule has 0 spiro atoms. The lowest BCUT2D eigenvalue weighted by atomic mass is 9.96. The third-order valence-corrected chi connectivity index (χ3v) is 3.77. The number of carbonyl (C=O) groups is 1. The van der Waals surface area contributed by atoms with Gasteiger partial charge in [-0.3, -0.25) is 4.79 Å². The largest absolute Gasteiger partial charge is 0.392 e. The van der Waals surface area contributed by atoms with Crippen LogP contribution in [0.15, 0.2) is 42.5 Å². The molecule has 0 saturated carbocycles. The number of aliphatic hydroxyl groups is 2. The van der Waals surface area contributed by atoms with Crippen molar-refractivity contribution in [2.75, 3.05) is 20.3 Å². The van der Waals surface area contributed by atoms with Gasteiger partial charge in [0.05, 0.1) is 13.2 Å². The molecule has 0 saturated heterocycles. The minimum atomic E-state index is -0.134. The molecule has 0 fully saturated rings. The highest BCUT2D eigenvalue weighted by molar-refractivity contribution is 5.95. The summed E-state index contributed by atoms with van der Waals surface area (Å²) in [6, 6.07) is 12.7. The van der Waals surface area contributed by atoms with E-state index >= 15 is 0 Å². The van der Waals surface area contributed by atoms with Crippen LogP contribution in [0.5, 0.6) is 0 Å². The Morgan fingerprint density at radius 1 is 1.12 bits per heavy atom. The van der Waals surface area contributed by atoms with Gasteiger partial charge in [-0.15, -0.1) is 0 Å². The third-order valence-electron chi connectivity index (χ3n) is 3.77. The number of hydrogen-bond acceptors (Lipinski definition) is 4. The highest BCUT2D eigenvalue weighted by Gasteiger charge is 2.10. The van der Waals surface area contributed by atoms with Crippen molar-refractivity contribution in [3.63, 3.8) is 0 Å². The van der Waals surface area contributed by atoms with Gasteiger partial charge in [-0.05, 0) is 40.8 Å². The van der Waals surface area contributed by atoms with E-state index in [-0.39, 0.29) is 19.1 Å². The molecule has 5 heteroatoms. The van der Waals surface area contributed by atoms with E-state index in [4.69, 9.17) is 4.74 Å². The van der Waals surface area contributed by atoms with E-state index in [1.165, 1.54) is 0 Å². The molecule has 1 amide bonds. The summed E-state index contributed by atoms with van der Waals surface area (Å²) < 4.78 is 4.96. The van der Waals surface area contributed by atoms with E-state index < -0.39 is 0 Å². The van der Waals surface area contributed by atoms with Gasteiger partial charge in [0.2, 0.25) is 0 Å². The molecule has 5 nitrogen and oxygen atoms in total. The number of rotatable bonds is 8. The molecule has 0 aliphatic rings. The Morgan fingerprint density at radius 2 is 1.96 bits per heavy atom. The topological polar surface area (TPSA) is 78.8 Å². The normalized spacial score (nSPS) is 10.6. The number of methoxy groups -OCH3 is 1. The molecule has 2 rings (SSSR count). The van der Waals surface area contributed by atoms with Crippen LogP contribution in [0.3, 0.4) is 0 Å². The zero-order valence-electron chi connectivity index (χ0n) is 13.8. The number of hydrogen-bond donors (Lipinski definition) is 3. The number of nitrogens with one attached hydrogen (secondary N) is 1. The Bertz CT molecular complexity index is 685. The highest BCUT2D eigenvalue weighted by atomic mass is 16.5. The van der Waals surface area contributed by atoms with Gasteiger partial charge in [-0.2, -0.15) is 0 Å². The van der Waals surface area contributed by atoms with E-state index in [1.54, 1.807) is 25.3 Å². The standard InChI is InChI=1S/C19H23NO4/c1-24-9-3-8-20-19(23)16-5-2-4-15(11-16)18-7-6-14(12-21)10-17(18)13-22/h2,4-7,10-11,21-22H,3,8-9,12-13H2,1H3,(H,20,23). The van der Waals surface area contributed by atoms with E-state index in [2.05, 4.69) is 5.32 Å². The molecule has 24 heavy (non-hydrogen) atoms. The Balaban J connectivity index is 2.19. The number of amides is 1. The van der Waals surface area contributed by atoms with E-state index in [9.17, 15) is 15.0 Å². The summed E-state index contributed by atoms with van der Waals surface area (Å²) in [6.45, 7) is 0.967. The number of carbonyl (C=O) groups excluding carboxylic acids is 1. The summed E-state index contributed by atoms with van der Waals surface area (Å²) in [5.74, 6) is -0.134. The maximum absolute atomic E-state index is 12.2. The monoisotopic (exact) mass is 329 g/mol. The molecule has 0 unspecified atom stereocenters. The van der Waals surface area contributed by atoms with Crippen LogP contribution < -0.4 is 5.32 Å². The second-order valence-electron chi connectivity index (χ2n) is 5.49. The van der Waals surface area contributed by atoms with Gasteiger partial charge in [0, 0.05) is 25.8 Å². The first-order valence-corrected chi connectivity index (χ1v) is 7.90. The maximum atomic E-state index is 12.2. The molecule has 0 bridgehead atoms. The predicted molar refractivity (Wildman–Crippen MR) is 92.5 cm³/mol. The Morgan fingerprint density at radius 3 is 2.67 bits per heavy atom. The lowest BCUT2D eigenvalue weighted by Crippen LogP contribution is -2.25. The minimum absolute atomic E-state index is 0.0722. The van der Waals surface area contributed by atoms with Gasteiger partial charge in [-0.25, -0.2) is 0 Å². The summed E-state index contributed by atoms with van der Waals surface area (Å²) in [7, 11) is 1.63. The quantitative estimate of drug-likeness (QED) is 0.648. The van der Waals surface area contributed by atoms with Crippen LogP contribution in [-0.4, -0.2) is 36.4 Å². The highest BCUT2D eigenvalue weighted by Crippen LogP contribution is 2.26. The molecule has 2 aromatic carbocycles. The average molecular weight is 329 g/mol. The predicted octanol–water partition coefficient (Wildman–Crippen LogP) is 2.10. The zero-order valence-corrected chi connectivity index (χ0v) is 13.8. The van der Waals surface area contributed by atoms with Crippen LogP contribution >= 0.6 is 0 Å². The zero-order chi connectivity index (χ0) is 17.4. The number of benzene rings is 2. The molecule has 0 atom stereocenters. The minimum Gasteiger partial charge on any atom is -0.392 e. The van der Waals surface area contributed by atoms with Crippen molar-refractivity contribution in [1.82, 2.24) is 5.32 Å².